The molecule has 4 aliphatic heterocycles. The number of hydrogen-bond donors (Lipinski definition) is 1. The van der Waals surface area contributed by atoms with Crippen molar-refractivity contribution >= 4 is 17.7 Å². The topological polar surface area (TPSA) is 110 Å². The Labute approximate surface area is 223 Å². The molecule has 38 heavy (non-hydrogen) atoms. The molecule has 1 spiro atoms. The molecule has 6 fully saturated rings. The summed E-state index contributed by atoms with van der Waals surface area (Å²) < 4.78 is 25.1. The van der Waals surface area contributed by atoms with Gasteiger partial charge in [0.2, 0.25) is 5.91 Å². The third-order valence-electron chi connectivity index (χ3n) is 10.8. The van der Waals surface area contributed by atoms with E-state index in [1.165, 1.54) is 6.92 Å². The van der Waals surface area contributed by atoms with E-state index in [9.17, 15) is 14.4 Å². The number of carbonyl (C=O) groups is 3. The zero-order valence-electron chi connectivity index (χ0n) is 22.6. The molecule has 1 aromatic rings. The summed E-state index contributed by atoms with van der Waals surface area (Å²) in [5.41, 5.74) is -0.339. The second-order valence-corrected chi connectivity index (χ2v) is 12.8. The lowest BCUT2D eigenvalue weighted by Crippen LogP contribution is -2.64. The van der Waals surface area contributed by atoms with Crippen LogP contribution in [-0.2, 0) is 39.8 Å². The first-order valence-electron chi connectivity index (χ1n) is 14.1. The molecule has 8 nitrogen and oxygen atoms in total. The highest BCUT2D eigenvalue weighted by atomic mass is 16.6. The van der Waals surface area contributed by atoms with E-state index in [1.54, 1.807) is 0 Å². The number of Topliss-reactive ketones (excluding diaryl/α,β-unsaturated/α-hetero) is 1. The molecule has 4 saturated heterocycles. The van der Waals surface area contributed by atoms with Gasteiger partial charge in [0.15, 0.2) is 0 Å². The van der Waals surface area contributed by atoms with Crippen LogP contribution in [0.15, 0.2) is 30.3 Å². The zero-order valence-corrected chi connectivity index (χ0v) is 22.6. The third kappa shape index (κ3) is 3.29. The van der Waals surface area contributed by atoms with Crippen molar-refractivity contribution in [3.05, 3.63) is 35.9 Å². The van der Waals surface area contributed by atoms with E-state index in [4.69, 9.17) is 18.9 Å². The summed E-state index contributed by atoms with van der Waals surface area (Å²) in [5.74, 6) is -1.43. The highest BCUT2D eigenvalue weighted by Crippen LogP contribution is 2.70. The summed E-state index contributed by atoms with van der Waals surface area (Å²) in [6, 6.07) is 10.00. The van der Waals surface area contributed by atoms with Crippen molar-refractivity contribution < 1.29 is 33.3 Å². The van der Waals surface area contributed by atoms with E-state index in [0.717, 1.165) is 5.56 Å². The first-order valence-corrected chi connectivity index (χ1v) is 14.1. The van der Waals surface area contributed by atoms with Crippen LogP contribution in [0.4, 0.5) is 0 Å². The Morgan fingerprint density at radius 2 is 1.79 bits per heavy atom. The highest BCUT2D eigenvalue weighted by molar-refractivity contribution is 5.89. The minimum atomic E-state index is -1.08. The lowest BCUT2D eigenvalue weighted by Gasteiger charge is -2.50. The van der Waals surface area contributed by atoms with Crippen LogP contribution in [0.1, 0.15) is 46.6 Å². The van der Waals surface area contributed by atoms with Crippen LogP contribution in [0.25, 0.3) is 0 Å². The van der Waals surface area contributed by atoms with Crippen LogP contribution in [0.3, 0.4) is 0 Å². The molecular weight excluding hydrogens is 486 g/mol. The van der Waals surface area contributed by atoms with Gasteiger partial charge < -0.3 is 24.3 Å². The molecule has 1 amide bonds. The van der Waals surface area contributed by atoms with Crippen LogP contribution in [0.2, 0.25) is 0 Å². The Kier molecular flexibility index (Phi) is 5.28. The van der Waals surface area contributed by atoms with Gasteiger partial charge in [-0.2, -0.15) is 0 Å². The molecule has 0 bridgehead atoms. The number of hydrogen-bond acceptors (Lipinski definition) is 7. The summed E-state index contributed by atoms with van der Waals surface area (Å²) in [7, 11) is 0. The number of esters is 1. The quantitative estimate of drug-likeness (QED) is 0.479. The number of benzene rings is 1. The fourth-order valence-electron chi connectivity index (χ4n) is 8.78. The predicted octanol–water partition coefficient (Wildman–Crippen LogP) is 2.46. The maximum atomic E-state index is 14.5. The summed E-state index contributed by atoms with van der Waals surface area (Å²) >= 11 is 0. The summed E-state index contributed by atoms with van der Waals surface area (Å²) in [6.07, 6.45) is -1.02. The first kappa shape index (κ1) is 24.7. The van der Waals surface area contributed by atoms with Crippen LogP contribution < -0.4 is 5.32 Å². The number of nitrogens with one attached hydrogen (secondary N) is 1. The fourth-order valence-corrected chi connectivity index (χ4v) is 8.78. The molecule has 6 aliphatic rings. The minimum Gasteiger partial charge on any atom is -0.458 e. The van der Waals surface area contributed by atoms with Crippen molar-refractivity contribution in [3.8, 4) is 0 Å². The second-order valence-electron chi connectivity index (χ2n) is 12.8. The molecule has 0 aromatic heterocycles. The SMILES string of the molecule is CC(=O)O[C@@H]1[C@@H]2O[C@H]2[C@H](C)C(=O)[C@@H](C)C[C@@H]2OC2C2[C@@H]3O[C@]3(C)[C@@H](C)[C@H]3[C@H](Cc4ccccc4)NC(=O)[C@@]231. The molecular formula is C30H37NO7. The number of amides is 1. The van der Waals surface area contributed by atoms with Crippen molar-refractivity contribution in [1.29, 1.82) is 0 Å². The lowest BCUT2D eigenvalue weighted by molar-refractivity contribution is -0.175. The van der Waals surface area contributed by atoms with Gasteiger partial charge in [-0.1, -0.05) is 51.1 Å². The van der Waals surface area contributed by atoms with Gasteiger partial charge in [0.05, 0.1) is 30.0 Å². The molecule has 4 heterocycles. The summed E-state index contributed by atoms with van der Waals surface area (Å²) in [4.78, 5) is 40.4. The fraction of sp³-hybridized carbons (Fsp3) is 0.700. The van der Waals surface area contributed by atoms with Crippen molar-refractivity contribution in [1.82, 2.24) is 5.32 Å². The Morgan fingerprint density at radius 3 is 2.50 bits per heavy atom. The van der Waals surface area contributed by atoms with Gasteiger partial charge in [-0.15, -0.1) is 0 Å². The molecule has 2 aliphatic carbocycles. The predicted molar refractivity (Wildman–Crippen MR) is 135 cm³/mol. The van der Waals surface area contributed by atoms with E-state index in [-0.39, 0.29) is 71.7 Å². The average molecular weight is 524 g/mol. The van der Waals surface area contributed by atoms with Gasteiger partial charge in [0, 0.05) is 36.6 Å². The molecule has 0 radical (unpaired) electrons. The van der Waals surface area contributed by atoms with E-state index < -0.39 is 29.2 Å². The van der Waals surface area contributed by atoms with Gasteiger partial charge in [0.1, 0.15) is 23.4 Å². The minimum absolute atomic E-state index is 0.0203. The highest BCUT2D eigenvalue weighted by Gasteiger charge is 2.84. The van der Waals surface area contributed by atoms with Crippen LogP contribution >= 0.6 is 0 Å². The van der Waals surface area contributed by atoms with E-state index in [2.05, 4.69) is 31.3 Å². The van der Waals surface area contributed by atoms with Crippen LogP contribution in [0, 0.1) is 35.0 Å². The van der Waals surface area contributed by atoms with Crippen LogP contribution in [-0.4, -0.2) is 65.9 Å². The van der Waals surface area contributed by atoms with Gasteiger partial charge in [-0.25, -0.2) is 0 Å². The molecule has 1 N–H and O–H groups in total. The van der Waals surface area contributed by atoms with Crippen LogP contribution in [0.5, 0.6) is 0 Å². The van der Waals surface area contributed by atoms with Gasteiger partial charge >= 0.3 is 5.97 Å². The maximum absolute atomic E-state index is 14.5. The Hall–Kier alpha value is -2.29. The monoisotopic (exact) mass is 523 g/mol. The molecule has 8 heteroatoms. The van der Waals surface area contributed by atoms with Gasteiger partial charge in [-0.05, 0) is 31.2 Å². The second kappa shape index (κ2) is 8.12. The number of carbonyl (C=O) groups excluding carboxylic acids is 3. The van der Waals surface area contributed by atoms with Gasteiger partial charge in [0.25, 0.3) is 0 Å². The van der Waals surface area contributed by atoms with Crippen molar-refractivity contribution in [2.45, 2.75) is 95.7 Å². The zero-order chi connectivity index (χ0) is 26.7. The molecule has 1 aromatic carbocycles. The molecule has 2 saturated carbocycles. The third-order valence-corrected chi connectivity index (χ3v) is 10.8. The maximum Gasteiger partial charge on any atom is 0.303 e. The lowest BCUT2D eigenvalue weighted by atomic mass is 9.50. The normalized spacial score (nSPS) is 52.1. The van der Waals surface area contributed by atoms with Crippen molar-refractivity contribution in [2.24, 2.45) is 35.0 Å². The molecule has 204 valence electrons. The Balaban J connectivity index is 1.39. The Bertz CT molecular complexity index is 1190. The largest absolute Gasteiger partial charge is 0.458 e. The molecule has 7 rings (SSSR count). The van der Waals surface area contributed by atoms with Crippen molar-refractivity contribution in [2.75, 3.05) is 0 Å². The number of fused-ring (bicyclic) bond motifs is 5. The standard InChI is InChI=1S/C30H37NO7/c1-13-11-19-24(36-19)21-26-29(5,38-26)15(3)20-18(12-17-9-7-6-8-10-17)31-28(34)30(20,21)27(35-16(4)32)25-23(37-25)14(2)22(13)33/h6-10,13-15,18-21,23-27H,11-12H2,1-5H3,(H,31,34)/t13-,14+,15-,18-,19-,20-,21?,23-,24?,25+,26-,27+,29+,30+/m0/s1. The summed E-state index contributed by atoms with van der Waals surface area (Å²) in [6.45, 7) is 9.54. The van der Waals surface area contributed by atoms with E-state index in [1.807, 2.05) is 32.0 Å². The number of rotatable bonds is 3. The number of ketones is 1. The van der Waals surface area contributed by atoms with E-state index in [0.29, 0.717) is 12.8 Å². The summed E-state index contributed by atoms with van der Waals surface area (Å²) in [5, 5.41) is 3.37. The molecule has 14 atom stereocenters. The van der Waals surface area contributed by atoms with E-state index >= 15 is 0 Å². The smallest absolute Gasteiger partial charge is 0.303 e. The van der Waals surface area contributed by atoms with Crippen molar-refractivity contribution in [3.63, 3.8) is 0 Å². The van der Waals surface area contributed by atoms with Gasteiger partial charge in [-0.3, -0.25) is 14.4 Å². The number of ether oxygens (including phenoxy) is 4. The number of epoxide rings is 3. The Morgan fingerprint density at radius 1 is 1.05 bits per heavy atom. The average Bonchev–Trinajstić information content (AvgIpc) is 3.79. The first-order chi connectivity index (χ1) is 18.1. The molecule has 2 unspecified atom stereocenters.